The number of hydrogen-bond donors (Lipinski definition) is 1. The van der Waals surface area contributed by atoms with Gasteiger partial charge in [-0.25, -0.2) is 8.42 Å². The Morgan fingerprint density at radius 1 is 1.32 bits per heavy atom. The normalized spacial score (nSPS) is 23.4. The molecule has 1 aromatic carbocycles. The van der Waals surface area contributed by atoms with Crippen LogP contribution in [0.1, 0.15) is 18.4 Å². The summed E-state index contributed by atoms with van der Waals surface area (Å²) in [5.41, 5.74) is 2.03. The molecule has 0 aromatic heterocycles. The van der Waals surface area contributed by atoms with E-state index < -0.39 is 10.0 Å². The smallest absolute Gasteiger partial charge is 0.235 e. The summed E-state index contributed by atoms with van der Waals surface area (Å²) in [7, 11) is -3.18. The van der Waals surface area contributed by atoms with Crippen LogP contribution in [-0.2, 0) is 16.4 Å². The second-order valence-corrected chi connectivity index (χ2v) is 7.38. The Bertz CT molecular complexity index is 550. The van der Waals surface area contributed by atoms with Gasteiger partial charge < -0.3 is 5.32 Å². The number of anilines is 1. The largest absolute Gasteiger partial charge is 0.316 e. The van der Waals surface area contributed by atoms with Gasteiger partial charge in [0.1, 0.15) is 0 Å². The maximum Gasteiger partial charge on any atom is 0.235 e. The lowest BCUT2D eigenvalue weighted by atomic mass is 10.0. The van der Waals surface area contributed by atoms with E-state index in [0.717, 1.165) is 43.6 Å². The molecule has 1 saturated heterocycles. The van der Waals surface area contributed by atoms with E-state index in [-0.39, 0.29) is 11.7 Å². The van der Waals surface area contributed by atoms with Crippen molar-refractivity contribution in [2.24, 2.45) is 5.92 Å². The summed E-state index contributed by atoms with van der Waals surface area (Å²) in [5, 5.41) is 3.28. The van der Waals surface area contributed by atoms with Gasteiger partial charge in [-0.1, -0.05) is 18.2 Å². The van der Waals surface area contributed by atoms with Gasteiger partial charge in [0.2, 0.25) is 10.0 Å². The summed E-state index contributed by atoms with van der Waals surface area (Å²) in [6.07, 6.45) is 2.93. The van der Waals surface area contributed by atoms with Crippen molar-refractivity contribution in [3.05, 3.63) is 29.8 Å². The fraction of sp³-hybridized carbons (Fsp3) is 0.571. The maximum atomic E-state index is 12.6. The van der Waals surface area contributed by atoms with Gasteiger partial charge in [-0.3, -0.25) is 4.31 Å². The molecule has 0 aliphatic carbocycles. The molecule has 5 heteroatoms. The van der Waals surface area contributed by atoms with E-state index in [1.54, 1.807) is 4.31 Å². The van der Waals surface area contributed by atoms with Crippen molar-refractivity contribution < 1.29 is 8.42 Å². The first-order valence-corrected chi connectivity index (χ1v) is 8.57. The molecular formula is C14H20N2O2S. The summed E-state index contributed by atoms with van der Waals surface area (Å²) in [5.74, 6) is 0.528. The molecular weight excluding hydrogens is 260 g/mol. The van der Waals surface area contributed by atoms with Crippen LogP contribution >= 0.6 is 0 Å². The minimum absolute atomic E-state index is 0.256. The third kappa shape index (κ3) is 2.62. The zero-order valence-corrected chi connectivity index (χ0v) is 11.8. The van der Waals surface area contributed by atoms with Crippen molar-refractivity contribution in [2.75, 3.05) is 29.7 Å². The summed E-state index contributed by atoms with van der Waals surface area (Å²) in [6, 6.07) is 7.82. The van der Waals surface area contributed by atoms with Gasteiger partial charge in [0.15, 0.2) is 0 Å². The Hall–Kier alpha value is -1.07. The average molecular weight is 280 g/mol. The van der Waals surface area contributed by atoms with Gasteiger partial charge in [0.25, 0.3) is 0 Å². The molecule has 104 valence electrons. The molecule has 0 amide bonds. The zero-order valence-electron chi connectivity index (χ0n) is 11.0. The number of sulfonamides is 1. The lowest BCUT2D eigenvalue weighted by Gasteiger charge is -2.26. The van der Waals surface area contributed by atoms with Crippen LogP contribution in [0.3, 0.4) is 0 Å². The predicted molar refractivity (Wildman–Crippen MR) is 76.9 cm³/mol. The first-order chi connectivity index (χ1) is 9.17. The lowest BCUT2D eigenvalue weighted by molar-refractivity contribution is 0.403. The Morgan fingerprint density at radius 3 is 2.95 bits per heavy atom. The molecule has 2 heterocycles. The number of fused-ring (bicyclic) bond motifs is 1. The SMILES string of the molecule is O=S(=O)(CC1CCCNC1)N1CCc2ccccc21. The molecule has 4 nitrogen and oxygen atoms in total. The van der Waals surface area contributed by atoms with Crippen molar-refractivity contribution in [2.45, 2.75) is 19.3 Å². The van der Waals surface area contributed by atoms with Gasteiger partial charge in [-0.2, -0.15) is 0 Å². The molecule has 2 aliphatic rings. The molecule has 19 heavy (non-hydrogen) atoms. The van der Waals surface area contributed by atoms with Gasteiger partial charge in [-0.15, -0.1) is 0 Å². The third-order valence-electron chi connectivity index (χ3n) is 4.03. The maximum absolute atomic E-state index is 12.6. The Kier molecular flexibility index (Phi) is 3.50. The van der Waals surface area contributed by atoms with E-state index in [9.17, 15) is 8.42 Å². The van der Waals surface area contributed by atoms with Crippen molar-refractivity contribution in [1.29, 1.82) is 0 Å². The highest BCUT2D eigenvalue weighted by atomic mass is 32.2. The van der Waals surface area contributed by atoms with Crippen LogP contribution in [0.5, 0.6) is 0 Å². The fourth-order valence-electron chi connectivity index (χ4n) is 3.05. The molecule has 0 radical (unpaired) electrons. The van der Waals surface area contributed by atoms with Crippen LogP contribution in [0.2, 0.25) is 0 Å². The highest BCUT2D eigenvalue weighted by Gasteiger charge is 2.31. The molecule has 2 aliphatic heterocycles. The number of piperidine rings is 1. The summed E-state index contributed by atoms with van der Waals surface area (Å²) in [6.45, 7) is 2.44. The molecule has 1 atom stereocenters. The van der Waals surface area contributed by atoms with Gasteiger partial charge in [0.05, 0.1) is 11.4 Å². The molecule has 0 saturated carbocycles. The highest BCUT2D eigenvalue weighted by Crippen LogP contribution is 2.31. The highest BCUT2D eigenvalue weighted by molar-refractivity contribution is 7.92. The second-order valence-electron chi connectivity index (χ2n) is 5.44. The standard InChI is InChI=1S/C14H20N2O2S/c17-19(18,11-12-4-3-8-15-10-12)16-9-7-13-5-1-2-6-14(13)16/h1-2,5-6,12,15H,3-4,7-11H2. The minimum Gasteiger partial charge on any atom is -0.316 e. The zero-order chi connectivity index (χ0) is 13.3. The number of para-hydroxylation sites is 1. The molecule has 1 fully saturated rings. The number of nitrogens with zero attached hydrogens (tertiary/aromatic N) is 1. The fourth-order valence-corrected chi connectivity index (χ4v) is 4.96. The van der Waals surface area contributed by atoms with Crippen LogP contribution in [-0.4, -0.2) is 33.8 Å². The molecule has 0 spiro atoms. The van der Waals surface area contributed by atoms with Gasteiger partial charge in [-0.05, 0) is 49.9 Å². The molecule has 3 rings (SSSR count). The Labute approximate surface area is 114 Å². The average Bonchev–Trinajstić information content (AvgIpc) is 2.84. The van der Waals surface area contributed by atoms with Crippen molar-refractivity contribution in [3.63, 3.8) is 0 Å². The van der Waals surface area contributed by atoms with Crippen LogP contribution in [0.25, 0.3) is 0 Å². The van der Waals surface area contributed by atoms with Crippen LogP contribution in [0, 0.1) is 5.92 Å². The quantitative estimate of drug-likeness (QED) is 0.910. The van der Waals surface area contributed by atoms with E-state index in [2.05, 4.69) is 5.32 Å². The Balaban J connectivity index is 1.78. The van der Waals surface area contributed by atoms with Crippen molar-refractivity contribution in [3.8, 4) is 0 Å². The van der Waals surface area contributed by atoms with E-state index in [0.29, 0.717) is 6.54 Å². The van der Waals surface area contributed by atoms with Crippen LogP contribution in [0.15, 0.2) is 24.3 Å². The summed E-state index contributed by atoms with van der Waals surface area (Å²) in [4.78, 5) is 0. The molecule has 1 unspecified atom stereocenters. The lowest BCUT2D eigenvalue weighted by Crippen LogP contribution is -2.39. The summed E-state index contributed by atoms with van der Waals surface area (Å²) < 4.78 is 26.7. The summed E-state index contributed by atoms with van der Waals surface area (Å²) >= 11 is 0. The van der Waals surface area contributed by atoms with Crippen molar-refractivity contribution >= 4 is 15.7 Å². The van der Waals surface area contributed by atoms with Gasteiger partial charge in [0, 0.05) is 6.54 Å². The van der Waals surface area contributed by atoms with Crippen LogP contribution in [0.4, 0.5) is 5.69 Å². The first kappa shape index (κ1) is 12.9. The first-order valence-electron chi connectivity index (χ1n) is 6.96. The van der Waals surface area contributed by atoms with E-state index in [4.69, 9.17) is 0 Å². The molecule has 1 aromatic rings. The Morgan fingerprint density at radius 2 is 2.16 bits per heavy atom. The predicted octanol–water partition coefficient (Wildman–Crippen LogP) is 1.38. The van der Waals surface area contributed by atoms with Crippen LogP contribution < -0.4 is 9.62 Å². The second kappa shape index (κ2) is 5.13. The molecule has 0 bridgehead atoms. The topological polar surface area (TPSA) is 49.4 Å². The van der Waals surface area contributed by atoms with Crippen molar-refractivity contribution in [1.82, 2.24) is 5.32 Å². The van der Waals surface area contributed by atoms with E-state index in [1.807, 2.05) is 24.3 Å². The van der Waals surface area contributed by atoms with E-state index >= 15 is 0 Å². The third-order valence-corrected chi connectivity index (χ3v) is 5.97. The number of hydrogen-bond acceptors (Lipinski definition) is 3. The minimum atomic E-state index is -3.18. The number of rotatable bonds is 3. The van der Waals surface area contributed by atoms with E-state index in [1.165, 1.54) is 0 Å². The number of benzene rings is 1. The molecule has 1 N–H and O–H groups in total. The monoisotopic (exact) mass is 280 g/mol. The van der Waals surface area contributed by atoms with Gasteiger partial charge >= 0.3 is 0 Å². The number of nitrogens with one attached hydrogen (secondary N) is 1.